The first kappa shape index (κ1) is 26.5. The lowest BCUT2D eigenvalue weighted by Gasteiger charge is -2.20. The van der Waals surface area contributed by atoms with Crippen LogP contribution in [0.2, 0.25) is 0 Å². The Morgan fingerprint density at radius 2 is 1.63 bits per heavy atom. The zero-order valence-electron chi connectivity index (χ0n) is 21.2. The summed E-state index contributed by atoms with van der Waals surface area (Å²) < 4.78 is 5.93. The van der Waals surface area contributed by atoms with Crippen molar-refractivity contribution in [2.24, 2.45) is 0 Å². The molecule has 1 aromatic heterocycles. The maximum absolute atomic E-state index is 13.1. The van der Waals surface area contributed by atoms with Gasteiger partial charge in [-0.2, -0.15) is 0 Å². The van der Waals surface area contributed by atoms with Crippen LogP contribution in [0.1, 0.15) is 43.0 Å². The van der Waals surface area contributed by atoms with Crippen molar-refractivity contribution in [3.05, 3.63) is 84.4 Å². The molecule has 0 unspecified atom stereocenters. The highest BCUT2D eigenvalue weighted by Gasteiger charge is 2.19. The lowest BCUT2D eigenvalue weighted by atomic mass is 10.1. The second-order valence-electron chi connectivity index (χ2n) is 9.03. The molecule has 0 fully saturated rings. The second kappa shape index (κ2) is 12.6. The molecule has 0 bridgehead atoms. The first-order valence-corrected chi connectivity index (χ1v) is 12.7. The van der Waals surface area contributed by atoms with Crippen LogP contribution in [0.15, 0.2) is 83.3 Å². The Labute approximate surface area is 221 Å². The van der Waals surface area contributed by atoms with E-state index in [0.717, 1.165) is 35.1 Å². The number of unbranched alkanes of at least 4 members (excludes halogenated alkanes) is 1. The molecule has 0 saturated carbocycles. The van der Waals surface area contributed by atoms with E-state index in [2.05, 4.69) is 22.9 Å². The summed E-state index contributed by atoms with van der Waals surface area (Å²) in [7, 11) is 0. The Hall–Kier alpha value is -4.59. The fourth-order valence-corrected chi connectivity index (χ4v) is 4.05. The predicted molar refractivity (Wildman–Crippen MR) is 148 cm³/mol. The van der Waals surface area contributed by atoms with Crippen LogP contribution in [0, 0.1) is 0 Å². The summed E-state index contributed by atoms with van der Waals surface area (Å²) >= 11 is 0. The molecule has 1 atom stereocenters. The number of hydrogen-bond acceptors (Lipinski definition) is 5. The first-order chi connectivity index (χ1) is 18.4. The molecule has 196 valence electrons. The van der Waals surface area contributed by atoms with E-state index in [-0.39, 0.29) is 24.8 Å². The molecule has 0 radical (unpaired) electrons. The van der Waals surface area contributed by atoms with Gasteiger partial charge in [0.2, 0.25) is 5.91 Å². The summed E-state index contributed by atoms with van der Waals surface area (Å²) in [6.45, 7) is 2.14. The average molecular weight is 514 g/mol. The molecule has 0 aliphatic carbocycles. The van der Waals surface area contributed by atoms with Gasteiger partial charge in [0.15, 0.2) is 0 Å². The largest absolute Gasteiger partial charge is 0.481 e. The molecule has 1 heterocycles. The Balaban J connectivity index is 1.38. The third kappa shape index (κ3) is 7.00. The zero-order chi connectivity index (χ0) is 26.9. The predicted octanol–water partition coefficient (Wildman–Crippen LogP) is 5.91. The molecule has 4 rings (SSSR count). The van der Waals surface area contributed by atoms with E-state index < -0.39 is 12.0 Å². The third-order valence-corrected chi connectivity index (χ3v) is 6.14. The number of carboxylic acid groups (broad SMARTS) is 1. The van der Waals surface area contributed by atoms with Crippen molar-refractivity contribution in [3.8, 4) is 11.3 Å². The Bertz CT molecular complexity index is 1360. The normalized spacial score (nSPS) is 11.6. The number of benzene rings is 3. The van der Waals surface area contributed by atoms with E-state index in [4.69, 9.17) is 9.52 Å². The number of anilines is 2. The van der Waals surface area contributed by atoms with E-state index in [1.165, 1.54) is 0 Å². The van der Waals surface area contributed by atoms with Crippen LogP contribution >= 0.6 is 0 Å². The average Bonchev–Trinajstić information content (AvgIpc) is 3.36. The summed E-state index contributed by atoms with van der Waals surface area (Å²) in [4.78, 5) is 35.9. The van der Waals surface area contributed by atoms with Crippen LogP contribution in [0.25, 0.3) is 22.3 Å². The number of para-hydroxylation sites is 1. The second-order valence-corrected chi connectivity index (χ2v) is 9.03. The Morgan fingerprint density at radius 3 is 2.32 bits per heavy atom. The summed E-state index contributed by atoms with van der Waals surface area (Å²) in [5.74, 6) is -0.691. The molecule has 3 aromatic carbocycles. The fourth-order valence-electron chi connectivity index (χ4n) is 4.05. The minimum atomic E-state index is -0.969. The molecule has 0 spiro atoms. The lowest BCUT2D eigenvalue weighted by Crippen LogP contribution is -2.34. The quantitative estimate of drug-likeness (QED) is 0.187. The number of hydrogen-bond donors (Lipinski definition) is 4. The third-order valence-electron chi connectivity index (χ3n) is 6.14. The van der Waals surface area contributed by atoms with Gasteiger partial charge in [0.25, 0.3) is 5.91 Å². The highest BCUT2D eigenvalue weighted by molar-refractivity contribution is 5.97. The molecular weight excluding hydrogens is 482 g/mol. The number of rotatable bonds is 12. The van der Waals surface area contributed by atoms with Crippen molar-refractivity contribution in [1.29, 1.82) is 0 Å². The molecule has 8 nitrogen and oxygen atoms in total. The number of carbonyl (C=O) groups is 3. The molecule has 38 heavy (non-hydrogen) atoms. The summed E-state index contributed by atoms with van der Waals surface area (Å²) in [6.07, 6.45) is 2.34. The fraction of sp³-hybridized carbons (Fsp3) is 0.233. The standard InChI is InChI=1S/C30H31N3O5/c1-2-3-7-25(32-23-15-11-21(12-16-23)29(36)31-18-17-28(34)35)30(37)33-24-13-9-20(10-14-24)27-19-22-6-4-5-8-26(22)38-27/h4-6,8-16,19,25,32H,2-3,7,17-18H2,1H3,(H,31,36)(H,33,37)(H,34,35)/t25-/m0/s1. The topological polar surface area (TPSA) is 121 Å². The Morgan fingerprint density at radius 1 is 0.921 bits per heavy atom. The number of aliphatic carboxylic acids is 1. The van der Waals surface area contributed by atoms with E-state index in [1.807, 2.05) is 54.6 Å². The van der Waals surface area contributed by atoms with Crippen molar-refractivity contribution in [2.45, 2.75) is 38.6 Å². The summed E-state index contributed by atoms with van der Waals surface area (Å²) in [5.41, 5.74) is 3.57. The van der Waals surface area contributed by atoms with E-state index >= 15 is 0 Å². The zero-order valence-corrected chi connectivity index (χ0v) is 21.2. The van der Waals surface area contributed by atoms with Crippen molar-refractivity contribution in [2.75, 3.05) is 17.2 Å². The van der Waals surface area contributed by atoms with Gasteiger partial charge in [-0.1, -0.05) is 38.0 Å². The van der Waals surface area contributed by atoms with Gasteiger partial charge in [0.1, 0.15) is 17.4 Å². The van der Waals surface area contributed by atoms with Crippen LogP contribution < -0.4 is 16.0 Å². The van der Waals surface area contributed by atoms with Crippen LogP contribution in [0.5, 0.6) is 0 Å². The summed E-state index contributed by atoms with van der Waals surface area (Å²) in [5, 5.41) is 18.6. The number of fused-ring (bicyclic) bond motifs is 1. The van der Waals surface area contributed by atoms with Crippen LogP contribution in [-0.2, 0) is 9.59 Å². The van der Waals surface area contributed by atoms with Gasteiger partial charge in [-0.05, 0) is 67.1 Å². The number of carbonyl (C=O) groups excluding carboxylic acids is 2. The van der Waals surface area contributed by atoms with Crippen molar-refractivity contribution < 1.29 is 23.9 Å². The van der Waals surface area contributed by atoms with Gasteiger partial charge < -0.3 is 25.5 Å². The summed E-state index contributed by atoms with van der Waals surface area (Å²) in [6, 6.07) is 23.7. The van der Waals surface area contributed by atoms with Crippen LogP contribution in [0.4, 0.5) is 11.4 Å². The van der Waals surface area contributed by atoms with E-state index in [1.54, 1.807) is 24.3 Å². The van der Waals surface area contributed by atoms with E-state index in [9.17, 15) is 14.4 Å². The monoisotopic (exact) mass is 513 g/mol. The Kier molecular flexibility index (Phi) is 8.77. The van der Waals surface area contributed by atoms with Crippen LogP contribution in [-0.4, -0.2) is 35.5 Å². The van der Waals surface area contributed by atoms with Crippen molar-refractivity contribution in [1.82, 2.24) is 5.32 Å². The van der Waals surface area contributed by atoms with Gasteiger partial charge in [-0.15, -0.1) is 0 Å². The maximum Gasteiger partial charge on any atom is 0.305 e. The van der Waals surface area contributed by atoms with Crippen molar-refractivity contribution in [3.63, 3.8) is 0 Å². The van der Waals surface area contributed by atoms with Gasteiger partial charge >= 0.3 is 5.97 Å². The molecule has 2 amide bonds. The first-order valence-electron chi connectivity index (χ1n) is 12.7. The smallest absolute Gasteiger partial charge is 0.305 e. The highest BCUT2D eigenvalue weighted by atomic mass is 16.4. The minimum absolute atomic E-state index is 0.0622. The molecule has 0 aliphatic heterocycles. The molecule has 0 aliphatic rings. The van der Waals surface area contributed by atoms with Crippen molar-refractivity contribution >= 4 is 40.1 Å². The van der Waals surface area contributed by atoms with Gasteiger partial charge in [0, 0.05) is 34.4 Å². The number of nitrogens with one attached hydrogen (secondary N) is 3. The molecule has 4 aromatic rings. The molecule has 0 saturated heterocycles. The lowest BCUT2D eigenvalue weighted by molar-refractivity contribution is -0.136. The van der Waals surface area contributed by atoms with Gasteiger partial charge in [-0.3, -0.25) is 14.4 Å². The number of furan rings is 1. The molecule has 4 N–H and O–H groups in total. The van der Waals surface area contributed by atoms with Crippen LogP contribution in [0.3, 0.4) is 0 Å². The number of amides is 2. The minimum Gasteiger partial charge on any atom is -0.481 e. The van der Waals surface area contributed by atoms with Gasteiger partial charge in [0.05, 0.1) is 6.42 Å². The number of carboxylic acids is 1. The molecule has 8 heteroatoms. The van der Waals surface area contributed by atoms with Gasteiger partial charge in [-0.25, -0.2) is 0 Å². The SMILES string of the molecule is CCCC[C@H](Nc1ccc(C(=O)NCCC(=O)O)cc1)C(=O)Nc1ccc(-c2cc3ccccc3o2)cc1. The highest BCUT2D eigenvalue weighted by Crippen LogP contribution is 2.28. The molecular formula is C30H31N3O5. The van der Waals surface area contributed by atoms with E-state index in [0.29, 0.717) is 23.4 Å². The maximum atomic E-state index is 13.1.